The predicted molar refractivity (Wildman–Crippen MR) is 93.3 cm³/mol. The summed E-state index contributed by atoms with van der Waals surface area (Å²) in [5.41, 5.74) is 4.93. The van der Waals surface area contributed by atoms with Crippen molar-refractivity contribution in [2.45, 2.75) is 20.3 Å². The minimum atomic E-state index is 0.575. The average Bonchev–Trinajstić information content (AvgIpc) is 3.03. The summed E-state index contributed by atoms with van der Waals surface area (Å²) in [6.07, 6.45) is 4.51. The van der Waals surface area contributed by atoms with Crippen LogP contribution in [0, 0.1) is 5.92 Å². The van der Waals surface area contributed by atoms with Crippen LogP contribution in [0.25, 0.3) is 33.1 Å². The number of pyridine rings is 2. The zero-order chi connectivity index (χ0) is 15.8. The van der Waals surface area contributed by atoms with Gasteiger partial charge in [-0.25, -0.2) is 4.98 Å². The molecular formula is C20H18N2O. The Morgan fingerprint density at radius 2 is 2.00 bits per heavy atom. The third-order valence-corrected chi connectivity index (χ3v) is 4.01. The normalized spacial score (nSPS) is 11.6. The van der Waals surface area contributed by atoms with E-state index in [1.54, 1.807) is 6.26 Å². The standard InChI is InChI=1S/C20H18N2O/c1-13(2)11-15-6-7-16-17(18-5-3-4-9-21-18)12-14-8-10-23-20(14)19(16)22-15/h3-10,12-13H,11H2,1-2H3. The highest BCUT2D eigenvalue weighted by molar-refractivity contribution is 6.09. The number of aromatic nitrogens is 2. The average molecular weight is 302 g/mol. The molecule has 3 aromatic heterocycles. The van der Waals surface area contributed by atoms with Crippen molar-refractivity contribution in [2.24, 2.45) is 5.92 Å². The Balaban J connectivity index is 2.02. The summed E-state index contributed by atoms with van der Waals surface area (Å²) >= 11 is 0. The van der Waals surface area contributed by atoms with Crippen molar-refractivity contribution >= 4 is 21.9 Å². The van der Waals surface area contributed by atoms with E-state index in [-0.39, 0.29) is 0 Å². The zero-order valence-corrected chi connectivity index (χ0v) is 13.3. The van der Waals surface area contributed by atoms with Gasteiger partial charge in [-0.15, -0.1) is 0 Å². The van der Waals surface area contributed by atoms with Crippen molar-refractivity contribution in [3.63, 3.8) is 0 Å². The Labute approximate surface area is 135 Å². The topological polar surface area (TPSA) is 38.9 Å². The fourth-order valence-electron chi connectivity index (χ4n) is 3.01. The molecule has 0 bridgehead atoms. The maximum absolute atomic E-state index is 5.70. The number of fused-ring (bicyclic) bond motifs is 3. The molecule has 0 radical (unpaired) electrons. The van der Waals surface area contributed by atoms with Crippen LogP contribution in [0.3, 0.4) is 0 Å². The van der Waals surface area contributed by atoms with Crippen LogP contribution in [-0.2, 0) is 6.42 Å². The van der Waals surface area contributed by atoms with Crippen LogP contribution in [-0.4, -0.2) is 9.97 Å². The SMILES string of the molecule is CC(C)Cc1ccc2c(-c3ccccn3)cc3ccoc3c2n1. The molecule has 4 aromatic rings. The Hall–Kier alpha value is -2.68. The number of benzene rings is 1. The summed E-state index contributed by atoms with van der Waals surface area (Å²) in [4.78, 5) is 9.38. The molecule has 4 rings (SSSR count). The second-order valence-electron chi connectivity index (χ2n) is 6.27. The minimum absolute atomic E-state index is 0.575. The molecule has 3 heteroatoms. The molecule has 1 aromatic carbocycles. The molecular weight excluding hydrogens is 284 g/mol. The lowest BCUT2D eigenvalue weighted by Gasteiger charge is -2.09. The minimum Gasteiger partial charge on any atom is -0.462 e. The molecule has 0 saturated heterocycles. The fourth-order valence-corrected chi connectivity index (χ4v) is 3.01. The lowest BCUT2D eigenvalue weighted by atomic mass is 10.0. The van der Waals surface area contributed by atoms with Crippen molar-refractivity contribution in [1.29, 1.82) is 0 Å². The van der Waals surface area contributed by atoms with Gasteiger partial charge in [0.05, 0.1) is 12.0 Å². The van der Waals surface area contributed by atoms with E-state index in [0.29, 0.717) is 5.92 Å². The van der Waals surface area contributed by atoms with Crippen LogP contribution in [0.2, 0.25) is 0 Å². The number of rotatable bonds is 3. The van der Waals surface area contributed by atoms with Gasteiger partial charge in [-0.05, 0) is 42.7 Å². The second-order valence-corrected chi connectivity index (χ2v) is 6.27. The Bertz CT molecular complexity index is 971. The molecule has 0 aliphatic carbocycles. The van der Waals surface area contributed by atoms with Crippen LogP contribution in [0.15, 0.2) is 59.3 Å². The van der Waals surface area contributed by atoms with Gasteiger partial charge in [-0.3, -0.25) is 4.98 Å². The number of hydrogen-bond donors (Lipinski definition) is 0. The molecule has 0 atom stereocenters. The molecule has 0 amide bonds. The van der Waals surface area contributed by atoms with E-state index in [2.05, 4.69) is 37.0 Å². The maximum atomic E-state index is 5.70. The lowest BCUT2D eigenvalue weighted by Crippen LogP contribution is -1.98. The Morgan fingerprint density at radius 3 is 2.78 bits per heavy atom. The van der Waals surface area contributed by atoms with Gasteiger partial charge in [0.2, 0.25) is 0 Å². The third-order valence-electron chi connectivity index (χ3n) is 4.01. The van der Waals surface area contributed by atoms with Crippen LogP contribution >= 0.6 is 0 Å². The van der Waals surface area contributed by atoms with Gasteiger partial charge in [-0.1, -0.05) is 26.0 Å². The van der Waals surface area contributed by atoms with E-state index in [1.165, 1.54) is 0 Å². The van der Waals surface area contributed by atoms with Gasteiger partial charge in [-0.2, -0.15) is 0 Å². The van der Waals surface area contributed by atoms with Gasteiger partial charge in [0.25, 0.3) is 0 Å². The molecule has 0 N–H and O–H groups in total. The van der Waals surface area contributed by atoms with E-state index in [4.69, 9.17) is 9.40 Å². The maximum Gasteiger partial charge on any atom is 0.160 e. The first-order chi connectivity index (χ1) is 11.2. The number of furan rings is 1. The van der Waals surface area contributed by atoms with Crippen molar-refractivity contribution in [1.82, 2.24) is 9.97 Å². The van der Waals surface area contributed by atoms with Gasteiger partial charge in [0, 0.05) is 28.2 Å². The van der Waals surface area contributed by atoms with E-state index in [0.717, 1.165) is 45.2 Å². The lowest BCUT2D eigenvalue weighted by molar-refractivity contribution is 0.616. The first-order valence-electron chi connectivity index (χ1n) is 7.93. The molecule has 0 aliphatic heterocycles. The summed E-state index contributed by atoms with van der Waals surface area (Å²) < 4.78 is 5.70. The molecule has 0 fully saturated rings. The van der Waals surface area contributed by atoms with Crippen molar-refractivity contribution in [3.05, 3.63) is 60.6 Å². The highest BCUT2D eigenvalue weighted by Gasteiger charge is 2.13. The van der Waals surface area contributed by atoms with E-state index in [1.807, 2.05) is 30.5 Å². The molecule has 0 aliphatic rings. The molecule has 23 heavy (non-hydrogen) atoms. The third kappa shape index (κ3) is 2.48. The number of hydrogen-bond acceptors (Lipinski definition) is 3. The summed E-state index contributed by atoms with van der Waals surface area (Å²) in [6, 6.07) is 14.3. The van der Waals surface area contributed by atoms with E-state index < -0.39 is 0 Å². The van der Waals surface area contributed by atoms with Gasteiger partial charge in [0.1, 0.15) is 5.52 Å². The first kappa shape index (κ1) is 13.9. The molecule has 3 nitrogen and oxygen atoms in total. The Kier molecular flexibility index (Phi) is 3.34. The molecule has 0 spiro atoms. The van der Waals surface area contributed by atoms with Crippen LogP contribution in [0.4, 0.5) is 0 Å². The molecule has 0 saturated carbocycles. The monoisotopic (exact) mass is 302 g/mol. The van der Waals surface area contributed by atoms with E-state index in [9.17, 15) is 0 Å². The largest absolute Gasteiger partial charge is 0.462 e. The smallest absolute Gasteiger partial charge is 0.160 e. The summed E-state index contributed by atoms with van der Waals surface area (Å²) in [5.74, 6) is 0.575. The quantitative estimate of drug-likeness (QED) is 0.519. The summed E-state index contributed by atoms with van der Waals surface area (Å²) in [5, 5.41) is 2.14. The Morgan fingerprint density at radius 1 is 1.09 bits per heavy atom. The fraction of sp³-hybridized carbons (Fsp3) is 0.200. The summed E-state index contributed by atoms with van der Waals surface area (Å²) in [7, 11) is 0. The van der Waals surface area contributed by atoms with Crippen molar-refractivity contribution < 1.29 is 4.42 Å². The molecule has 0 unspecified atom stereocenters. The number of nitrogens with zero attached hydrogens (tertiary/aromatic N) is 2. The van der Waals surface area contributed by atoms with Crippen LogP contribution in [0.1, 0.15) is 19.5 Å². The second kappa shape index (κ2) is 5.51. The highest BCUT2D eigenvalue weighted by atomic mass is 16.3. The van der Waals surface area contributed by atoms with Gasteiger partial charge >= 0.3 is 0 Å². The van der Waals surface area contributed by atoms with Crippen molar-refractivity contribution in [2.75, 3.05) is 0 Å². The van der Waals surface area contributed by atoms with Gasteiger partial charge < -0.3 is 4.42 Å². The van der Waals surface area contributed by atoms with Crippen LogP contribution < -0.4 is 0 Å². The highest BCUT2D eigenvalue weighted by Crippen LogP contribution is 2.33. The van der Waals surface area contributed by atoms with Crippen LogP contribution in [0.5, 0.6) is 0 Å². The molecule has 114 valence electrons. The zero-order valence-electron chi connectivity index (χ0n) is 13.3. The predicted octanol–water partition coefficient (Wildman–Crippen LogP) is 5.24. The van der Waals surface area contributed by atoms with Crippen molar-refractivity contribution in [3.8, 4) is 11.3 Å². The summed E-state index contributed by atoms with van der Waals surface area (Å²) in [6.45, 7) is 4.41. The van der Waals surface area contributed by atoms with E-state index >= 15 is 0 Å². The van der Waals surface area contributed by atoms with Gasteiger partial charge in [0.15, 0.2) is 5.58 Å². The molecule has 3 heterocycles. The first-order valence-corrected chi connectivity index (χ1v) is 7.93.